The van der Waals surface area contributed by atoms with E-state index in [0.29, 0.717) is 5.56 Å². The Kier molecular flexibility index (Phi) is 6.01. The molecule has 5 heteroatoms. The molecule has 0 spiro atoms. The standard InChI is InChI=1S/C19H20BrNO3/c20-18-11-16(13-21-6-8-23-9-7-21)10-17(12-18)19(22)24-14-15-4-2-1-3-5-15/h1-5,10-12H,6-9,13-14H2. The highest BCUT2D eigenvalue weighted by Gasteiger charge is 2.14. The van der Waals surface area contributed by atoms with Crippen LogP contribution in [0.2, 0.25) is 0 Å². The lowest BCUT2D eigenvalue weighted by atomic mass is 10.1. The summed E-state index contributed by atoms with van der Waals surface area (Å²) in [7, 11) is 0. The van der Waals surface area contributed by atoms with Crippen molar-refractivity contribution in [3.63, 3.8) is 0 Å². The minimum Gasteiger partial charge on any atom is -0.457 e. The van der Waals surface area contributed by atoms with Crippen LogP contribution in [-0.2, 0) is 22.6 Å². The summed E-state index contributed by atoms with van der Waals surface area (Å²) >= 11 is 3.49. The summed E-state index contributed by atoms with van der Waals surface area (Å²) in [6, 6.07) is 15.5. The van der Waals surface area contributed by atoms with Gasteiger partial charge in [-0.15, -0.1) is 0 Å². The van der Waals surface area contributed by atoms with Gasteiger partial charge >= 0.3 is 5.97 Å². The molecule has 1 saturated heterocycles. The average molecular weight is 390 g/mol. The summed E-state index contributed by atoms with van der Waals surface area (Å²) in [6.07, 6.45) is 0. The maximum Gasteiger partial charge on any atom is 0.338 e. The molecule has 3 rings (SSSR count). The van der Waals surface area contributed by atoms with Gasteiger partial charge in [-0.05, 0) is 29.3 Å². The molecule has 0 radical (unpaired) electrons. The highest BCUT2D eigenvalue weighted by molar-refractivity contribution is 9.10. The van der Waals surface area contributed by atoms with Crippen LogP contribution in [-0.4, -0.2) is 37.2 Å². The van der Waals surface area contributed by atoms with Gasteiger partial charge in [0, 0.05) is 24.1 Å². The second kappa shape index (κ2) is 8.42. The number of ether oxygens (including phenoxy) is 2. The lowest BCUT2D eigenvalue weighted by Crippen LogP contribution is -2.35. The van der Waals surface area contributed by atoms with E-state index in [2.05, 4.69) is 20.8 Å². The number of hydrogen-bond donors (Lipinski definition) is 0. The maximum absolute atomic E-state index is 12.3. The van der Waals surface area contributed by atoms with Crippen molar-refractivity contribution in [2.45, 2.75) is 13.2 Å². The number of carbonyl (C=O) groups is 1. The molecule has 0 bridgehead atoms. The van der Waals surface area contributed by atoms with Gasteiger partial charge in [0.2, 0.25) is 0 Å². The Bertz CT molecular complexity index is 684. The molecule has 0 N–H and O–H groups in total. The van der Waals surface area contributed by atoms with E-state index < -0.39 is 0 Å². The van der Waals surface area contributed by atoms with Gasteiger partial charge in [0.15, 0.2) is 0 Å². The fraction of sp³-hybridized carbons (Fsp3) is 0.316. The Balaban J connectivity index is 1.64. The van der Waals surface area contributed by atoms with Gasteiger partial charge in [-0.1, -0.05) is 46.3 Å². The van der Waals surface area contributed by atoms with Gasteiger partial charge in [0.1, 0.15) is 6.61 Å². The van der Waals surface area contributed by atoms with Crippen LogP contribution in [0.3, 0.4) is 0 Å². The molecule has 2 aromatic rings. The minimum atomic E-state index is -0.302. The Morgan fingerprint density at radius 3 is 2.58 bits per heavy atom. The van der Waals surface area contributed by atoms with E-state index in [1.807, 2.05) is 42.5 Å². The van der Waals surface area contributed by atoms with Crippen LogP contribution < -0.4 is 0 Å². The maximum atomic E-state index is 12.3. The first-order valence-electron chi connectivity index (χ1n) is 8.01. The fourth-order valence-corrected chi connectivity index (χ4v) is 3.22. The van der Waals surface area contributed by atoms with E-state index in [9.17, 15) is 4.79 Å². The van der Waals surface area contributed by atoms with Crippen LogP contribution in [0.1, 0.15) is 21.5 Å². The zero-order valence-electron chi connectivity index (χ0n) is 13.4. The second-order valence-electron chi connectivity index (χ2n) is 5.80. The normalized spacial score (nSPS) is 15.2. The van der Waals surface area contributed by atoms with Crippen LogP contribution in [0.4, 0.5) is 0 Å². The molecule has 0 unspecified atom stereocenters. The molecule has 24 heavy (non-hydrogen) atoms. The van der Waals surface area contributed by atoms with Gasteiger partial charge < -0.3 is 9.47 Å². The van der Waals surface area contributed by atoms with Crippen molar-refractivity contribution >= 4 is 21.9 Å². The van der Waals surface area contributed by atoms with E-state index >= 15 is 0 Å². The lowest BCUT2D eigenvalue weighted by Gasteiger charge is -2.26. The van der Waals surface area contributed by atoms with Crippen molar-refractivity contribution in [3.05, 3.63) is 69.7 Å². The molecule has 4 nitrogen and oxygen atoms in total. The van der Waals surface area contributed by atoms with Crippen LogP contribution in [0.5, 0.6) is 0 Å². The molecule has 0 amide bonds. The molecule has 1 heterocycles. The summed E-state index contributed by atoms with van der Waals surface area (Å²) in [5.74, 6) is -0.302. The fourth-order valence-electron chi connectivity index (χ4n) is 2.68. The highest BCUT2D eigenvalue weighted by atomic mass is 79.9. The van der Waals surface area contributed by atoms with Gasteiger partial charge in [-0.25, -0.2) is 4.79 Å². The highest BCUT2D eigenvalue weighted by Crippen LogP contribution is 2.19. The van der Waals surface area contributed by atoms with E-state index in [-0.39, 0.29) is 12.6 Å². The molecule has 2 aromatic carbocycles. The zero-order chi connectivity index (χ0) is 16.8. The predicted octanol–water partition coefficient (Wildman–Crippen LogP) is 3.64. The minimum absolute atomic E-state index is 0.283. The quantitative estimate of drug-likeness (QED) is 0.731. The largest absolute Gasteiger partial charge is 0.457 e. The first-order valence-corrected chi connectivity index (χ1v) is 8.80. The van der Waals surface area contributed by atoms with Crippen molar-refractivity contribution in [1.29, 1.82) is 0 Å². The molecule has 0 aliphatic carbocycles. The molecular formula is C19H20BrNO3. The molecular weight excluding hydrogens is 370 g/mol. The summed E-state index contributed by atoms with van der Waals surface area (Å²) in [6.45, 7) is 4.45. The number of hydrogen-bond acceptors (Lipinski definition) is 4. The van der Waals surface area contributed by atoms with Gasteiger partial charge in [-0.3, -0.25) is 4.90 Å². The average Bonchev–Trinajstić information content (AvgIpc) is 2.61. The number of benzene rings is 2. The molecule has 0 atom stereocenters. The Hall–Kier alpha value is -1.69. The Labute approximate surface area is 150 Å². The summed E-state index contributed by atoms with van der Waals surface area (Å²) in [5, 5.41) is 0. The van der Waals surface area contributed by atoms with E-state index in [1.54, 1.807) is 6.07 Å². The van der Waals surface area contributed by atoms with Crippen molar-refractivity contribution < 1.29 is 14.3 Å². The Morgan fingerprint density at radius 1 is 1.08 bits per heavy atom. The third-order valence-corrected chi connectivity index (χ3v) is 4.37. The smallest absolute Gasteiger partial charge is 0.338 e. The summed E-state index contributed by atoms with van der Waals surface area (Å²) in [5.41, 5.74) is 2.65. The number of esters is 1. The number of carbonyl (C=O) groups excluding carboxylic acids is 1. The van der Waals surface area contributed by atoms with E-state index in [0.717, 1.165) is 48.4 Å². The van der Waals surface area contributed by atoms with E-state index in [1.165, 1.54) is 0 Å². The van der Waals surface area contributed by atoms with Crippen molar-refractivity contribution in [2.24, 2.45) is 0 Å². The topological polar surface area (TPSA) is 38.8 Å². The van der Waals surface area contributed by atoms with Gasteiger partial charge in [0.25, 0.3) is 0 Å². The zero-order valence-corrected chi connectivity index (χ0v) is 15.0. The first kappa shape index (κ1) is 17.1. The monoisotopic (exact) mass is 389 g/mol. The third kappa shape index (κ3) is 4.90. The molecule has 1 fully saturated rings. The number of morpholine rings is 1. The number of halogens is 1. The third-order valence-electron chi connectivity index (χ3n) is 3.92. The predicted molar refractivity (Wildman–Crippen MR) is 95.8 cm³/mol. The number of nitrogens with zero attached hydrogens (tertiary/aromatic N) is 1. The molecule has 126 valence electrons. The van der Waals surface area contributed by atoms with Gasteiger partial charge in [0.05, 0.1) is 18.8 Å². The van der Waals surface area contributed by atoms with Crippen LogP contribution in [0.25, 0.3) is 0 Å². The molecule has 1 aliphatic heterocycles. The summed E-state index contributed by atoms with van der Waals surface area (Å²) < 4.78 is 11.7. The summed E-state index contributed by atoms with van der Waals surface area (Å²) in [4.78, 5) is 14.7. The van der Waals surface area contributed by atoms with Crippen molar-refractivity contribution in [1.82, 2.24) is 4.90 Å². The van der Waals surface area contributed by atoms with Crippen LogP contribution in [0, 0.1) is 0 Å². The second-order valence-corrected chi connectivity index (χ2v) is 6.71. The first-order chi connectivity index (χ1) is 11.7. The molecule has 0 aromatic heterocycles. The van der Waals surface area contributed by atoms with E-state index in [4.69, 9.17) is 9.47 Å². The Morgan fingerprint density at radius 2 is 1.83 bits per heavy atom. The van der Waals surface area contributed by atoms with Crippen molar-refractivity contribution in [3.8, 4) is 0 Å². The van der Waals surface area contributed by atoms with Crippen molar-refractivity contribution in [2.75, 3.05) is 26.3 Å². The SMILES string of the molecule is O=C(OCc1ccccc1)c1cc(Br)cc(CN2CCOCC2)c1. The molecule has 1 aliphatic rings. The van der Waals surface area contributed by atoms with Crippen LogP contribution in [0.15, 0.2) is 53.0 Å². The lowest BCUT2D eigenvalue weighted by molar-refractivity contribution is 0.0341. The number of rotatable bonds is 5. The van der Waals surface area contributed by atoms with Gasteiger partial charge in [-0.2, -0.15) is 0 Å². The molecule has 0 saturated carbocycles. The van der Waals surface area contributed by atoms with Crippen LogP contribution >= 0.6 is 15.9 Å².